The molecule has 0 aliphatic rings. The summed E-state index contributed by atoms with van der Waals surface area (Å²) in [7, 11) is 1.91. The van der Waals surface area contributed by atoms with Gasteiger partial charge in [-0.25, -0.2) is 4.98 Å². The Morgan fingerprint density at radius 1 is 0.935 bits per heavy atom. The number of aryl methyl sites for hydroxylation is 1. The van der Waals surface area contributed by atoms with Crippen LogP contribution >= 0.6 is 0 Å². The van der Waals surface area contributed by atoms with Gasteiger partial charge >= 0.3 is 0 Å². The van der Waals surface area contributed by atoms with Crippen LogP contribution in [0.25, 0.3) is 33.5 Å². The molecule has 5 aromatic rings. The predicted octanol–water partition coefficient (Wildman–Crippen LogP) is 3.71. The lowest BCUT2D eigenvalue weighted by molar-refractivity contribution is -0.119. The minimum absolute atomic E-state index is 0.0725. The van der Waals surface area contributed by atoms with Gasteiger partial charge in [0.25, 0.3) is 0 Å². The average molecular weight is 408 g/mol. The summed E-state index contributed by atoms with van der Waals surface area (Å²) in [5.74, 6) is 0.0725. The van der Waals surface area contributed by atoms with E-state index in [1.165, 1.54) is 0 Å². The molecule has 7 nitrogen and oxygen atoms in total. The second-order valence-electron chi connectivity index (χ2n) is 7.35. The minimum atomic E-state index is 0.0725. The number of hydrogen-bond acceptors (Lipinski definition) is 5. The van der Waals surface area contributed by atoms with Gasteiger partial charge in [-0.15, -0.1) is 0 Å². The van der Waals surface area contributed by atoms with Crippen LogP contribution in [-0.2, 0) is 24.8 Å². The molecular formula is C24H20N6O. The van der Waals surface area contributed by atoms with E-state index in [1.54, 1.807) is 24.8 Å². The zero-order valence-corrected chi connectivity index (χ0v) is 17.0. The van der Waals surface area contributed by atoms with Crippen molar-refractivity contribution in [2.45, 2.75) is 13.0 Å². The van der Waals surface area contributed by atoms with Crippen molar-refractivity contribution in [3.8, 4) is 22.5 Å². The second-order valence-corrected chi connectivity index (χ2v) is 7.35. The van der Waals surface area contributed by atoms with Gasteiger partial charge in [-0.2, -0.15) is 5.10 Å². The van der Waals surface area contributed by atoms with Crippen molar-refractivity contribution in [2.24, 2.45) is 7.05 Å². The molecule has 31 heavy (non-hydrogen) atoms. The van der Waals surface area contributed by atoms with Crippen molar-refractivity contribution < 1.29 is 4.79 Å². The van der Waals surface area contributed by atoms with Crippen LogP contribution in [0.3, 0.4) is 0 Å². The first kappa shape index (κ1) is 18.9. The molecule has 0 amide bonds. The quantitative estimate of drug-likeness (QED) is 0.428. The number of aromatic nitrogens is 6. The number of ketones is 1. The van der Waals surface area contributed by atoms with Crippen LogP contribution in [-0.4, -0.2) is 35.1 Å². The Labute approximate surface area is 179 Å². The van der Waals surface area contributed by atoms with Crippen molar-refractivity contribution in [2.75, 3.05) is 0 Å². The molecule has 0 aromatic carbocycles. The Kier molecular flexibility index (Phi) is 4.84. The number of pyridine rings is 3. The van der Waals surface area contributed by atoms with Crippen molar-refractivity contribution in [1.29, 1.82) is 0 Å². The molecule has 0 aliphatic heterocycles. The predicted molar refractivity (Wildman–Crippen MR) is 118 cm³/mol. The number of nitrogens with zero attached hydrogens (tertiary/aromatic N) is 6. The molecule has 0 saturated heterocycles. The summed E-state index contributed by atoms with van der Waals surface area (Å²) in [6, 6.07) is 15.5. The van der Waals surface area contributed by atoms with Crippen LogP contribution in [0, 0.1) is 0 Å². The van der Waals surface area contributed by atoms with Gasteiger partial charge in [-0.1, -0.05) is 6.07 Å². The van der Waals surface area contributed by atoms with E-state index in [-0.39, 0.29) is 18.7 Å². The monoisotopic (exact) mass is 408 g/mol. The Morgan fingerprint density at radius 2 is 1.87 bits per heavy atom. The smallest absolute Gasteiger partial charge is 0.158 e. The molecule has 7 heteroatoms. The van der Waals surface area contributed by atoms with Crippen molar-refractivity contribution in [3.63, 3.8) is 0 Å². The summed E-state index contributed by atoms with van der Waals surface area (Å²) in [6.07, 6.45) is 9.23. The van der Waals surface area contributed by atoms with Gasteiger partial charge in [-0.05, 0) is 42.5 Å². The first-order chi connectivity index (χ1) is 15.2. The normalized spacial score (nSPS) is 11.1. The Morgan fingerprint density at radius 3 is 2.61 bits per heavy atom. The van der Waals surface area contributed by atoms with E-state index in [4.69, 9.17) is 0 Å². The lowest BCUT2D eigenvalue weighted by Crippen LogP contribution is -2.13. The van der Waals surface area contributed by atoms with E-state index in [9.17, 15) is 4.79 Å². The number of carbonyl (C=O) groups is 1. The Bertz CT molecular complexity index is 1350. The summed E-state index contributed by atoms with van der Waals surface area (Å²) in [5.41, 5.74) is 5.37. The molecule has 152 valence electrons. The molecule has 0 radical (unpaired) electrons. The molecule has 5 aromatic heterocycles. The van der Waals surface area contributed by atoms with Crippen LogP contribution in [0.2, 0.25) is 0 Å². The molecule has 0 saturated carbocycles. The molecule has 0 unspecified atom stereocenters. The third-order valence-electron chi connectivity index (χ3n) is 5.27. The number of carbonyl (C=O) groups excluding carboxylic acids is 1. The molecule has 0 bridgehead atoms. The fourth-order valence-corrected chi connectivity index (χ4v) is 3.74. The molecule has 5 heterocycles. The van der Waals surface area contributed by atoms with Crippen molar-refractivity contribution in [3.05, 3.63) is 85.2 Å². The molecule has 0 fully saturated rings. The third-order valence-corrected chi connectivity index (χ3v) is 5.27. The zero-order chi connectivity index (χ0) is 21.2. The average Bonchev–Trinajstić information content (AvgIpc) is 3.41. The van der Waals surface area contributed by atoms with Crippen molar-refractivity contribution in [1.82, 2.24) is 29.3 Å². The lowest BCUT2D eigenvalue weighted by atomic mass is 10.1. The van der Waals surface area contributed by atoms with Gasteiger partial charge in [0, 0.05) is 60.2 Å². The summed E-state index contributed by atoms with van der Waals surface area (Å²) in [5, 5.41) is 5.25. The highest BCUT2D eigenvalue weighted by atomic mass is 16.1. The summed E-state index contributed by atoms with van der Waals surface area (Å²) >= 11 is 0. The summed E-state index contributed by atoms with van der Waals surface area (Å²) in [4.78, 5) is 26.0. The first-order valence-corrected chi connectivity index (χ1v) is 9.99. The number of fused-ring (bicyclic) bond motifs is 1. The lowest BCUT2D eigenvalue weighted by Gasteiger charge is -2.07. The maximum absolute atomic E-state index is 12.7. The van der Waals surface area contributed by atoms with Crippen LogP contribution < -0.4 is 0 Å². The van der Waals surface area contributed by atoms with Crippen molar-refractivity contribution >= 4 is 16.8 Å². The molecular weight excluding hydrogens is 388 g/mol. The number of Topliss-reactive ketones (excluding diaryl/α,β-unsaturated/α-hetero) is 1. The minimum Gasteiger partial charge on any atom is -0.325 e. The SMILES string of the molecule is Cn1nccc1-c1ccnc2c1ccn2CC(=O)Cc1ccc(-c2ccccn2)cn1. The second kappa shape index (κ2) is 7.95. The largest absolute Gasteiger partial charge is 0.325 e. The van der Waals surface area contributed by atoms with Gasteiger partial charge in [0.05, 0.1) is 24.4 Å². The van der Waals surface area contributed by atoms with E-state index in [2.05, 4.69) is 20.1 Å². The Hall–Kier alpha value is -4.13. The van der Waals surface area contributed by atoms with Gasteiger partial charge in [0.1, 0.15) is 5.65 Å². The summed E-state index contributed by atoms with van der Waals surface area (Å²) in [6.45, 7) is 0.245. The number of hydrogen-bond donors (Lipinski definition) is 0. The first-order valence-electron chi connectivity index (χ1n) is 9.99. The third kappa shape index (κ3) is 3.73. The maximum Gasteiger partial charge on any atom is 0.158 e. The fraction of sp³-hybridized carbons (Fsp3) is 0.125. The molecule has 5 rings (SSSR count). The van der Waals surface area contributed by atoms with Crippen LogP contribution in [0.1, 0.15) is 5.69 Å². The van der Waals surface area contributed by atoms with Crippen LogP contribution in [0.15, 0.2) is 79.5 Å². The number of rotatable bonds is 6. The van der Waals surface area contributed by atoms with Gasteiger partial charge in [-0.3, -0.25) is 19.4 Å². The zero-order valence-electron chi connectivity index (χ0n) is 17.0. The molecule has 0 N–H and O–H groups in total. The van der Waals surface area contributed by atoms with E-state index >= 15 is 0 Å². The van der Waals surface area contributed by atoms with Gasteiger partial charge in [0.15, 0.2) is 5.78 Å². The van der Waals surface area contributed by atoms with Crippen LogP contribution in [0.4, 0.5) is 0 Å². The standard InChI is InChI=1S/C24H20N6O/c1-29-23(8-12-28-29)20-7-11-26-24-21(20)9-13-30(24)16-19(31)14-18-6-5-17(15-27-18)22-4-2-3-10-25-22/h2-13,15H,14,16H2,1H3. The molecule has 0 spiro atoms. The highest BCUT2D eigenvalue weighted by molar-refractivity contribution is 5.93. The van der Waals surface area contributed by atoms with Crippen LogP contribution in [0.5, 0.6) is 0 Å². The molecule has 0 atom stereocenters. The van der Waals surface area contributed by atoms with E-state index in [0.29, 0.717) is 0 Å². The summed E-state index contributed by atoms with van der Waals surface area (Å²) < 4.78 is 3.72. The van der Waals surface area contributed by atoms with Gasteiger partial charge in [0.2, 0.25) is 0 Å². The highest BCUT2D eigenvalue weighted by Gasteiger charge is 2.13. The highest BCUT2D eigenvalue weighted by Crippen LogP contribution is 2.27. The topological polar surface area (TPSA) is 78.5 Å². The van der Waals surface area contributed by atoms with E-state index < -0.39 is 0 Å². The molecule has 0 aliphatic carbocycles. The maximum atomic E-state index is 12.7. The van der Waals surface area contributed by atoms with E-state index in [1.807, 2.05) is 71.0 Å². The Balaban J connectivity index is 1.33. The van der Waals surface area contributed by atoms with E-state index in [0.717, 1.165) is 39.2 Å². The van der Waals surface area contributed by atoms with Gasteiger partial charge < -0.3 is 4.57 Å². The fourth-order valence-electron chi connectivity index (χ4n) is 3.74.